The van der Waals surface area contributed by atoms with Crippen LogP contribution in [0.4, 0.5) is 0 Å². The summed E-state index contributed by atoms with van der Waals surface area (Å²) in [6.45, 7) is 4.00. The molecule has 32 heavy (non-hydrogen) atoms. The van der Waals surface area contributed by atoms with Crippen molar-refractivity contribution in [3.05, 3.63) is 77.7 Å². The zero-order valence-corrected chi connectivity index (χ0v) is 18.2. The second-order valence-corrected chi connectivity index (χ2v) is 6.77. The van der Waals surface area contributed by atoms with Crippen LogP contribution in [-0.2, 0) is 17.9 Å². The highest BCUT2D eigenvalue weighted by molar-refractivity contribution is 5.94. The first-order valence-corrected chi connectivity index (χ1v) is 10.3. The number of benzene rings is 1. The van der Waals surface area contributed by atoms with Crippen molar-refractivity contribution in [3.8, 4) is 17.4 Å². The zero-order chi connectivity index (χ0) is 22.6. The fraction of sp³-hybridized carbons (Fsp3) is 0.292. The minimum Gasteiger partial charge on any atom is -0.490 e. The van der Waals surface area contributed by atoms with Crippen molar-refractivity contribution < 1.29 is 23.7 Å². The summed E-state index contributed by atoms with van der Waals surface area (Å²) in [6.07, 6.45) is 5.10. The topological polar surface area (TPSA) is 91.8 Å². The molecule has 1 aromatic carbocycles. The van der Waals surface area contributed by atoms with Gasteiger partial charge in [-0.25, -0.2) is 4.98 Å². The smallest absolute Gasteiger partial charge is 0.251 e. The van der Waals surface area contributed by atoms with E-state index in [2.05, 4.69) is 15.3 Å². The van der Waals surface area contributed by atoms with Gasteiger partial charge in [-0.1, -0.05) is 6.07 Å². The lowest BCUT2D eigenvalue weighted by molar-refractivity contribution is 0.0950. The predicted octanol–water partition coefficient (Wildman–Crippen LogP) is 3.41. The van der Waals surface area contributed by atoms with Crippen molar-refractivity contribution >= 4 is 5.91 Å². The number of nitrogens with zero attached hydrogens (tertiary/aromatic N) is 2. The number of nitrogens with one attached hydrogen (secondary N) is 1. The molecule has 0 radical (unpaired) electrons. The molecular formula is C24H27N3O5. The molecule has 1 amide bonds. The Kier molecular flexibility index (Phi) is 8.82. The molecule has 0 bridgehead atoms. The lowest BCUT2D eigenvalue weighted by Gasteiger charge is -2.13. The van der Waals surface area contributed by atoms with Crippen LogP contribution in [0.5, 0.6) is 17.4 Å². The van der Waals surface area contributed by atoms with Gasteiger partial charge in [-0.15, -0.1) is 0 Å². The Bertz CT molecular complexity index is 981. The summed E-state index contributed by atoms with van der Waals surface area (Å²) in [4.78, 5) is 20.9. The third-order valence-electron chi connectivity index (χ3n) is 4.44. The normalized spacial score (nSPS) is 10.4. The Labute approximate surface area is 187 Å². The molecular weight excluding hydrogens is 410 g/mol. The monoisotopic (exact) mass is 437 g/mol. The fourth-order valence-corrected chi connectivity index (χ4v) is 2.79. The average molecular weight is 437 g/mol. The standard InChI is InChI=1S/C24H27N3O5/c1-3-30-22-14-20(5-6-21(22)32-17-18-8-10-25-11-9-18)24(28)27-16-19-4-7-23(26-15-19)31-13-12-29-2/h4-11,14-15H,3,12-13,16-17H2,1-2H3,(H,27,28). The molecule has 168 valence electrons. The summed E-state index contributed by atoms with van der Waals surface area (Å²) in [6, 6.07) is 12.5. The van der Waals surface area contributed by atoms with Crippen LogP contribution >= 0.6 is 0 Å². The summed E-state index contributed by atoms with van der Waals surface area (Å²) in [5, 5.41) is 2.89. The molecule has 8 heteroatoms. The number of rotatable bonds is 12. The van der Waals surface area contributed by atoms with Crippen LogP contribution in [0.1, 0.15) is 28.4 Å². The molecule has 0 spiro atoms. The second kappa shape index (κ2) is 12.3. The second-order valence-electron chi connectivity index (χ2n) is 6.77. The van der Waals surface area contributed by atoms with E-state index in [0.29, 0.717) is 55.9 Å². The van der Waals surface area contributed by atoms with Crippen molar-refractivity contribution in [1.82, 2.24) is 15.3 Å². The molecule has 1 N–H and O–H groups in total. The van der Waals surface area contributed by atoms with E-state index in [-0.39, 0.29) is 5.91 Å². The number of methoxy groups -OCH3 is 1. The van der Waals surface area contributed by atoms with Gasteiger partial charge >= 0.3 is 0 Å². The summed E-state index contributed by atoms with van der Waals surface area (Å²) in [7, 11) is 1.61. The first-order valence-electron chi connectivity index (χ1n) is 10.3. The van der Waals surface area contributed by atoms with Crippen LogP contribution in [0.3, 0.4) is 0 Å². The van der Waals surface area contributed by atoms with Gasteiger partial charge in [-0.2, -0.15) is 0 Å². The minimum atomic E-state index is -0.216. The van der Waals surface area contributed by atoms with Gasteiger partial charge in [0.25, 0.3) is 5.91 Å². The van der Waals surface area contributed by atoms with E-state index in [4.69, 9.17) is 18.9 Å². The maximum Gasteiger partial charge on any atom is 0.251 e. The lowest BCUT2D eigenvalue weighted by Crippen LogP contribution is -2.23. The summed E-state index contributed by atoms with van der Waals surface area (Å²) in [5.74, 6) is 1.40. The van der Waals surface area contributed by atoms with E-state index in [1.807, 2.05) is 25.1 Å². The summed E-state index contributed by atoms with van der Waals surface area (Å²) >= 11 is 0. The number of amides is 1. The molecule has 0 atom stereocenters. The van der Waals surface area contributed by atoms with Crippen LogP contribution < -0.4 is 19.5 Å². The van der Waals surface area contributed by atoms with Crippen LogP contribution in [0.25, 0.3) is 0 Å². The number of hydrogen-bond acceptors (Lipinski definition) is 7. The van der Waals surface area contributed by atoms with Gasteiger partial charge in [-0.3, -0.25) is 9.78 Å². The molecule has 3 aromatic rings. The first kappa shape index (κ1) is 23.0. The third kappa shape index (κ3) is 6.95. The molecule has 0 fully saturated rings. The fourth-order valence-electron chi connectivity index (χ4n) is 2.79. The van der Waals surface area contributed by atoms with Gasteiger partial charge in [0.2, 0.25) is 5.88 Å². The van der Waals surface area contributed by atoms with Gasteiger partial charge in [0, 0.05) is 43.9 Å². The Hall–Kier alpha value is -3.65. The van der Waals surface area contributed by atoms with Crippen molar-refractivity contribution in [2.75, 3.05) is 26.9 Å². The predicted molar refractivity (Wildman–Crippen MR) is 119 cm³/mol. The summed E-state index contributed by atoms with van der Waals surface area (Å²) in [5.41, 5.74) is 2.34. The Balaban J connectivity index is 1.57. The summed E-state index contributed by atoms with van der Waals surface area (Å²) < 4.78 is 21.9. The zero-order valence-electron chi connectivity index (χ0n) is 18.2. The number of hydrogen-bond donors (Lipinski definition) is 1. The number of ether oxygens (including phenoxy) is 4. The van der Waals surface area contributed by atoms with E-state index in [1.54, 1.807) is 50.0 Å². The van der Waals surface area contributed by atoms with Gasteiger partial charge < -0.3 is 24.3 Å². The van der Waals surface area contributed by atoms with Crippen molar-refractivity contribution in [2.45, 2.75) is 20.1 Å². The van der Waals surface area contributed by atoms with Gasteiger partial charge in [0.15, 0.2) is 11.5 Å². The van der Waals surface area contributed by atoms with Crippen molar-refractivity contribution in [1.29, 1.82) is 0 Å². The van der Waals surface area contributed by atoms with Crippen molar-refractivity contribution in [3.63, 3.8) is 0 Å². The maximum absolute atomic E-state index is 12.6. The largest absolute Gasteiger partial charge is 0.490 e. The van der Waals surface area contributed by atoms with Crippen LogP contribution in [0.15, 0.2) is 61.1 Å². The molecule has 2 aromatic heterocycles. The lowest BCUT2D eigenvalue weighted by atomic mass is 10.1. The van der Waals surface area contributed by atoms with Gasteiger partial charge in [0.05, 0.1) is 13.2 Å². The van der Waals surface area contributed by atoms with Crippen LogP contribution in [0.2, 0.25) is 0 Å². The SMILES string of the molecule is CCOc1cc(C(=O)NCc2ccc(OCCOC)nc2)ccc1OCc1ccncc1. The Morgan fingerprint density at radius 3 is 2.50 bits per heavy atom. The van der Waals surface area contributed by atoms with Crippen LogP contribution in [0, 0.1) is 0 Å². The van der Waals surface area contributed by atoms with Gasteiger partial charge in [0.1, 0.15) is 13.2 Å². The Morgan fingerprint density at radius 1 is 0.938 bits per heavy atom. The highest BCUT2D eigenvalue weighted by Gasteiger charge is 2.12. The first-order chi connectivity index (χ1) is 15.7. The van der Waals surface area contributed by atoms with Gasteiger partial charge in [-0.05, 0) is 48.4 Å². The molecule has 3 rings (SSSR count). The number of aromatic nitrogens is 2. The molecule has 0 aliphatic heterocycles. The highest BCUT2D eigenvalue weighted by atomic mass is 16.5. The van der Waals surface area contributed by atoms with Crippen LogP contribution in [-0.4, -0.2) is 42.8 Å². The molecule has 2 heterocycles. The number of carbonyl (C=O) groups is 1. The maximum atomic E-state index is 12.6. The molecule has 8 nitrogen and oxygen atoms in total. The van der Waals surface area contributed by atoms with E-state index in [9.17, 15) is 4.79 Å². The van der Waals surface area contributed by atoms with E-state index in [1.165, 1.54) is 0 Å². The highest BCUT2D eigenvalue weighted by Crippen LogP contribution is 2.29. The molecule has 0 unspecified atom stereocenters. The van der Waals surface area contributed by atoms with E-state index < -0.39 is 0 Å². The van der Waals surface area contributed by atoms with E-state index >= 15 is 0 Å². The van der Waals surface area contributed by atoms with E-state index in [0.717, 1.165) is 11.1 Å². The molecule has 0 saturated heterocycles. The quantitative estimate of drug-likeness (QED) is 0.434. The van der Waals surface area contributed by atoms with Crippen molar-refractivity contribution in [2.24, 2.45) is 0 Å². The average Bonchev–Trinajstić information content (AvgIpc) is 2.83. The Morgan fingerprint density at radius 2 is 1.78 bits per heavy atom. The number of pyridine rings is 2. The minimum absolute atomic E-state index is 0.216. The number of carbonyl (C=O) groups excluding carboxylic acids is 1. The molecule has 0 aliphatic rings. The third-order valence-corrected chi connectivity index (χ3v) is 4.44. The molecule has 0 aliphatic carbocycles. The molecule has 0 saturated carbocycles.